The van der Waals surface area contributed by atoms with E-state index in [9.17, 15) is 25.5 Å². The topological polar surface area (TPSA) is 138 Å². The zero-order valence-corrected chi connectivity index (χ0v) is 25.4. The number of ether oxygens (including phenoxy) is 4. The van der Waals surface area contributed by atoms with Crippen LogP contribution >= 0.6 is 0 Å². The van der Waals surface area contributed by atoms with E-state index in [1.54, 1.807) is 0 Å². The molecule has 0 aromatic heterocycles. The van der Waals surface area contributed by atoms with E-state index in [2.05, 4.69) is 26.8 Å². The Bertz CT molecular complexity index is 1040. The summed E-state index contributed by atoms with van der Waals surface area (Å²) in [5.74, 6) is 2.38. The number of aliphatic hydroxyl groups is 5. The number of hydrogen-bond acceptors (Lipinski definition) is 9. The Morgan fingerprint density at radius 3 is 2.52 bits per heavy atom. The van der Waals surface area contributed by atoms with Crippen LogP contribution < -0.4 is 0 Å². The lowest BCUT2D eigenvalue weighted by atomic mass is 9.47. The quantitative estimate of drug-likeness (QED) is 0.312. The van der Waals surface area contributed by atoms with Crippen LogP contribution in [0.15, 0.2) is 11.6 Å². The minimum atomic E-state index is -1.44. The molecule has 0 bridgehead atoms. The molecule has 3 saturated heterocycles. The minimum absolute atomic E-state index is 0.0935. The SMILES string of the molecule is C[C@H]1[C@H]2[C@H](C[C@H]3[C@@H]4CC=C5C[C@@H](O)CC[C@]5(C)[C@H]4CC[C@]23C)O[C@]12CC[C@H](CO[C@@H]1O[C@H](CO)[C@@H](O)[C@H](O)[C@H]1O)CO2. The predicted octanol–water partition coefficient (Wildman–Crippen LogP) is 2.51. The average Bonchev–Trinajstić information content (AvgIpc) is 3.42. The molecule has 0 aromatic rings. The molecule has 3 saturated carbocycles. The normalized spacial score (nSPS) is 57.2. The summed E-state index contributed by atoms with van der Waals surface area (Å²) in [7, 11) is 0. The summed E-state index contributed by atoms with van der Waals surface area (Å²) in [6.07, 6.45) is 5.58. The van der Waals surface area contributed by atoms with E-state index in [0.29, 0.717) is 36.2 Å². The van der Waals surface area contributed by atoms with Crippen molar-refractivity contribution in [2.45, 2.75) is 127 Å². The standard InChI is InChI=1S/C33H52O9/c1-17-26-24(13-23-21-5-4-19-12-20(35)7-9-31(19,2)22(21)8-10-32(23,26)3)42-33(17)11-6-18(16-40-33)15-39-30-29(38)28(37)27(36)25(14-34)41-30/h4,17-18,20-30,34-38H,5-16H2,1-3H3/t17-,18+,20-,21+,22-,23-,24-,25+,26-,27+,28-,29+,30+,31-,32-,33+/m0/s1. The molecule has 238 valence electrons. The van der Waals surface area contributed by atoms with Crippen LogP contribution in [0.4, 0.5) is 0 Å². The maximum absolute atomic E-state index is 10.3. The van der Waals surface area contributed by atoms with Gasteiger partial charge in [0.2, 0.25) is 0 Å². The van der Waals surface area contributed by atoms with E-state index < -0.39 is 43.1 Å². The van der Waals surface area contributed by atoms with Crippen LogP contribution in [0.5, 0.6) is 0 Å². The Kier molecular flexibility index (Phi) is 7.68. The summed E-state index contributed by atoms with van der Waals surface area (Å²) < 4.78 is 24.9. The molecule has 3 aliphatic heterocycles. The average molecular weight is 593 g/mol. The molecule has 7 aliphatic rings. The van der Waals surface area contributed by atoms with Crippen molar-refractivity contribution < 1.29 is 44.5 Å². The molecule has 0 unspecified atom stereocenters. The van der Waals surface area contributed by atoms with Gasteiger partial charge < -0.3 is 44.5 Å². The molecule has 6 fully saturated rings. The second-order valence-corrected chi connectivity index (χ2v) is 15.5. The highest BCUT2D eigenvalue weighted by Crippen LogP contribution is 2.70. The third-order valence-electron chi connectivity index (χ3n) is 13.6. The molecular formula is C33H52O9. The van der Waals surface area contributed by atoms with Gasteiger partial charge in [-0.2, -0.15) is 0 Å². The number of allylic oxidation sites excluding steroid dienone is 1. The van der Waals surface area contributed by atoms with Crippen molar-refractivity contribution >= 4 is 0 Å². The summed E-state index contributed by atoms with van der Waals surface area (Å²) in [6.45, 7) is 7.68. The van der Waals surface area contributed by atoms with Crippen LogP contribution in [-0.2, 0) is 18.9 Å². The van der Waals surface area contributed by atoms with E-state index in [1.807, 2.05) is 0 Å². The van der Waals surface area contributed by atoms with Gasteiger partial charge in [-0.3, -0.25) is 0 Å². The highest BCUT2D eigenvalue weighted by molar-refractivity contribution is 5.26. The van der Waals surface area contributed by atoms with Gasteiger partial charge in [-0.1, -0.05) is 32.4 Å². The maximum atomic E-state index is 10.3. The molecule has 9 heteroatoms. The summed E-state index contributed by atoms with van der Waals surface area (Å²) in [5, 5.41) is 50.2. The second-order valence-electron chi connectivity index (χ2n) is 15.5. The molecule has 0 amide bonds. The van der Waals surface area contributed by atoms with Crippen molar-refractivity contribution in [1.29, 1.82) is 0 Å². The third kappa shape index (κ3) is 4.43. The fraction of sp³-hybridized carbons (Fsp3) is 0.939. The van der Waals surface area contributed by atoms with Gasteiger partial charge >= 0.3 is 0 Å². The molecule has 0 radical (unpaired) electrons. The molecule has 1 spiro atoms. The molecular weight excluding hydrogens is 540 g/mol. The smallest absolute Gasteiger partial charge is 0.186 e. The predicted molar refractivity (Wildman–Crippen MR) is 152 cm³/mol. The van der Waals surface area contributed by atoms with Crippen LogP contribution in [0.1, 0.15) is 78.6 Å². The third-order valence-corrected chi connectivity index (χ3v) is 13.6. The number of aliphatic hydroxyl groups excluding tert-OH is 5. The monoisotopic (exact) mass is 592 g/mol. The van der Waals surface area contributed by atoms with E-state index in [0.717, 1.165) is 44.9 Å². The Hall–Kier alpha value is -0.620. The zero-order valence-electron chi connectivity index (χ0n) is 25.4. The first-order valence-corrected chi connectivity index (χ1v) is 16.6. The van der Waals surface area contributed by atoms with Gasteiger partial charge in [0.1, 0.15) is 24.4 Å². The highest BCUT2D eigenvalue weighted by atomic mass is 16.7. The van der Waals surface area contributed by atoms with Crippen LogP contribution in [0, 0.1) is 46.3 Å². The minimum Gasteiger partial charge on any atom is -0.394 e. The molecule has 9 nitrogen and oxygen atoms in total. The van der Waals surface area contributed by atoms with E-state index in [4.69, 9.17) is 18.9 Å². The Labute approximate surface area is 249 Å². The molecule has 7 rings (SSSR count). The lowest BCUT2D eigenvalue weighted by Crippen LogP contribution is -2.59. The highest BCUT2D eigenvalue weighted by Gasteiger charge is 2.68. The Morgan fingerprint density at radius 1 is 0.976 bits per heavy atom. The van der Waals surface area contributed by atoms with Gasteiger partial charge in [0, 0.05) is 18.3 Å². The van der Waals surface area contributed by atoms with Crippen LogP contribution in [0.25, 0.3) is 0 Å². The van der Waals surface area contributed by atoms with Gasteiger partial charge in [0.05, 0.1) is 32.0 Å². The molecule has 4 aliphatic carbocycles. The van der Waals surface area contributed by atoms with Crippen LogP contribution in [0.3, 0.4) is 0 Å². The Morgan fingerprint density at radius 2 is 1.79 bits per heavy atom. The van der Waals surface area contributed by atoms with Gasteiger partial charge in [-0.25, -0.2) is 0 Å². The zero-order chi connectivity index (χ0) is 29.6. The van der Waals surface area contributed by atoms with Gasteiger partial charge in [-0.15, -0.1) is 0 Å². The molecule has 3 heterocycles. The first kappa shape index (κ1) is 30.1. The molecule has 0 aromatic carbocycles. The van der Waals surface area contributed by atoms with Crippen molar-refractivity contribution in [3.63, 3.8) is 0 Å². The van der Waals surface area contributed by atoms with Crippen molar-refractivity contribution in [3.05, 3.63) is 11.6 Å². The fourth-order valence-electron chi connectivity index (χ4n) is 11.2. The van der Waals surface area contributed by atoms with Crippen molar-refractivity contribution in [3.8, 4) is 0 Å². The molecule has 42 heavy (non-hydrogen) atoms. The van der Waals surface area contributed by atoms with E-state index in [-0.39, 0.29) is 35.6 Å². The van der Waals surface area contributed by atoms with Crippen LogP contribution in [0.2, 0.25) is 0 Å². The first-order chi connectivity index (χ1) is 20.0. The number of rotatable bonds is 4. The summed E-state index contributed by atoms with van der Waals surface area (Å²) in [6, 6.07) is 0. The lowest BCUT2D eigenvalue weighted by Gasteiger charge is -2.58. The van der Waals surface area contributed by atoms with Gasteiger partial charge in [0.25, 0.3) is 0 Å². The van der Waals surface area contributed by atoms with Gasteiger partial charge in [-0.05, 0) is 85.9 Å². The van der Waals surface area contributed by atoms with Crippen molar-refractivity contribution in [2.75, 3.05) is 19.8 Å². The largest absolute Gasteiger partial charge is 0.394 e. The summed E-state index contributed by atoms with van der Waals surface area (Å²) in [4.78, 5) is 0. The Balaban J connectivity index is 0.984. The number of hydrogen-bond donors (Lipinski definition) is 5. The lowest BCUT2D eigenvalue weighted by molar-refractivity contribution is -0.311. The molecule has 16 atom stereocenters. The fourth-order valence-corrected chi connectivity index (χ4v) is 11.2. The van der Waals surface area contributed by atoms with Crippen molar-refractivity contribution in [1.82, 2.24) is 0 Å². The molecule has 5 N–H and O–H groups in total. The number of fused-ring (bicyclic) bond motifs is 7. The van der Waals surface area contributed by atoms with E-state index in [1.165, 1.54) is 18.4 Å². The maximum Gasteiger partial charge on any atom is 0.186 e. The summed E-state index contributed by atoms with van der Waals surface area (Å²) >= 11 is 0. The van der Waals surface area contributed by atoms with Crippen LogP contribution in [-0.4, -0.2) is 94.1 Å². The van der Waals surface area contributed by atoms with Crippen molar-refractivity contribution in [2.24, 2.45) is 46.3 Å². The van der Waals surface area contributed by atoms with E-state index >= 15 is 0 Å². The van der Waals surface area contributed by atoms with Gasteiger partial charge in [0.15, 0.2) is 12.1 Å². The first-order valence-electron chi connectivity index (χ1n) is 16.6. The summed E-state index contributed by atoms with van der Waals surface area (Å²) in [5.41, 5.74) is 2.01. The second kappa shape index (κ2) is 10.7.